The summed E-state index contributed by atoms with van der Waals surface area (Å²) in [4.78, 5) is 23.4. The van der Waals surface area contributed by atoms with Crippen LogP contribution in [0.5, 0.6) is 5.75 Å². The number of carbonyl (C=O) groups excluding carboxylic acids is 1. The Hall–Kier alpha value is -3.39. The van der Waals surface area contributed by atoms with Gasteiger partial charge in [-0.05, 0) is 41.8 Å². The third kappa shape index (κ3) is 3.98. The molecule has 0 aliphatic carbocycles. The van der Waals surface area contributed by atoms with Crippen molar-refractivity contribution >= 4 is 44.8 Å². The maximum atomic E-state index is 12.4. The minimum atomic E-state index is -1.06. The van der Waals surface area contributed by atoms with E-state index in [1.54, 1.807) is 42.5 Å². The third-order valence-corrected chi connectivity index (χ3v) is 4.63. The van der Waals surface area contributed by atoms with Gasteiger partial charge in [0, 0.05) is 16.0 Å². The lowest BCUT2D eigenvalue weighted by Gasteiger charge is -2.06. The second-order valence-electron chi connectivity index (χ2n) is 5.44. The normalized spacial score (nSPS) is 10.5. The number of hydrogen-bond donors (Lipinski definition) is 4. The second kappa shape index (κ2) is 7.24. The Kier molecular flexibility index (Phi) is 4.85. The van der Waals surface area contributed by atoms with Gasteiger partial charge in [0.05, 0.1) is 4.88 Å². The van der Waals surface area contributed by atoms with Gasteiger partial charge in [0.2, 0.25) is 0 Å². The molecule has 0 aliphatic heterocycles. The summed E-state index contributed by atoms with van der Waals surface area (Å²) in [5, 5.41) is 19.8. The monoisotopic (exact) mass is 369 g/mol. The summed E-state index contributed by atoms with van der Waals surface area (Å²) in [6, 6.07) is 13.6. The maximum absolute atomic E-state index is 12.4. The first-order chi connectivity index (χ1) is 12.4. The van der Waals surface area contributed by atoms with E-state index < -0.39 is 12.6 Å². The van der Waals surface area contributed by atoms with Gasteiger partial charge < -0.3 is 20.9 Å². The molecule has 1 amide bonds. The molecule has 2 aromatic carbocycles. The molecule has 0 saturated carbocycles. The smallest absolute Gasteiger partial charge is 0.341 e. The quantitative estimate of drug-likeness (QED) is 0.393. The predicted octanol–water partition coefficient (Wildman–Crippen LogP) is 2.90. The molecule has 26 heavy (non-hydrogen) atoms. The van der Waals surface area contributed by atoms with Crippen molar-refractivity contribution in [1.82, 2.24) is 0 Å². The van der Waals surface area contributed by atoms with Gasteiger partial charge in [-0.1, -0.05) is 12.1 Å². The molecule has 1 aromatic heterocycles. The van der Waals surface area contributed by atoms with Gasteiger partial charge >= 0.3 is 5.97 Å². The molecule has 132 valence electrons. The number of hydrogen-bond acceptors (Lipinski definition) is 5. The Balaban J connectivity index is 1.72. The number of nitrogens with one attached hydrogen (secondary N) is 2. The van der Waals surface area contributed by atoms with E-state index >= 15 is 0 Å². The number of thiophene rings is 1. The van der Waals surface area contributed by atoms with Crippen molar-refractivity contribution in [2.75, 3.05) is 11.9 Å². The Morgan fingerprint density at radius 1 is 1.15 bits per heavy atom. The molecular formula is C18H15N3O4S. The van der Waals surface area contributed by atoms with Crippen molar-refractivity contribution in [3.63, 3.8) is 0 Å². The van der Waals surface area contributed by atoms with Crippen LogP contribution in [-0.4, -0.2) is 29.4 Å². The van der Waals surface area contributed by atoms with Gasteiger partial charge in [0.15, 0.2) is 6.61 Å². The summed E-state index contributed by atoms with van der Waals surface area (Å²) in [6.07, 6.45) is 0. The predicted molar refractivity (Wildman–Crippen MR) is 100 cm³/mol. The van der Waals surface area contributed by atoms with Crippen molar-refractivity contribution < 1.29 is 19.4 Å². The zero-order valence-corrected chi connectivity index (χ0v) is 14.3. The molecule has 5 N–H and O–H groups in total. The van der Waals surface area contributed by atoms with Gasteiger partial charge in [-0.3, -0.25) is 10.2 Å². The van der Waals surface area contributed by atoms with E-state index in [0.29, 0.717) is 21.9 Å². The lowest BCUT2D eigenvalue weighted by Crippen LogP contribution is -2.11. The van der Waals surface area contributed by atoms with E-state index in [1.807, 2.05) is 6.07 Å². The van der Waals surface area contributed by atoms with Crippen LogP contribution in [0.2, 0.25) is 0 Å². The minimum absolute atomic E-state index is 0.0171. The van der Waals surface area contributed by atoms with E-state index in [4.69, 9.17) is 21.0 Å². The molecule has 3 rings (SSSR count). The van der Waals surface area contributed by atoms with E-state index in [2.05, 4.69) is 5.32 Å². The molecule has 0 bridgehead atoms. The maximum Gasteiger partial charge on any atom is 0.341 e. The Bertz CT molecular complexity index is 995. The number of anilines is 1. The van der Waals surface area contributed by atoms with Gasteiger partial charge in [0.1, 0.15) is 11.6 Å². The first-order valence-corrected chi connectivity index (χ1v) is 8.38. The van der Waals surface area contributed by atoms with Crippen molar-refractivity contribution in [2.45, 2.75) is 0 Å². The highest BCUT2D eigenvalue weighted by atomic mass is 32.1. The van der Waals surface area contributed by atoms with E-state index in [-0.39, 0.29) is 11.7 Å². The first kappa shape index (κ1) is 17.4. The number of rotatable bonds is 6. The number of carboxylic acid groups (broad SMARTS) is 1. The molecule has 0 fully saturated rings. The van der Waals surface area contributed by atoms with Gasteiger partial charge in [-0.15, -0.1) is 11.3 Å². The van der Waals surface area contributed by atoms with Crippen LogP contribution in [0.3, 0.4) is 0 Å². The average Bonchev–Trinajstić information content (AvgIpc) is 3.04. The molecular weight excluding hydrogens is 354 g/mol. The molecule has 8 heteroatoms. The minimum Gasteiger partial charge on any atom is -0.482 e. The van der Waals surface area contributed by atoms with Crippen LogP contribution in [0.1, 0.15) is 15.2 Å². The van der Waals surface area contributed by atoms with E-state index in [0.717, 1.165) is 10.1 Å². The topological polar surface area (TPSA) is 126 Å². The van der Waals surface area contributed by atoms with Crippen molar-refractivity contribution in [3.8, 4) is 5.75 Å². The summed E-state index contributed by atoms with van der Waals surface area (Å²) in [5.41, 5.74) is 6.67. The van der Waals surface area contributed by atoms with Crippen molar-refractivity contribution in [1.29, 1.82) is 5.41 Å². The molecule has 7 nitrogen and oxygen atoms in total. The highest BCUT2D eigenvalue weighted by molar-refractivity contribution is 7.20. The van der Waals surface area contributed by atoms with Gasteiger partial charge in [-0.2, -0.15) is 0 Å². The first-order valence-electron chi connectivity index (χ1n) is 7.56. The summed E-state index contributed by atoms with van der Waals surface area (Å²) < 4.78 is 5.92. The summed E-state index contributed by atoms with van der Waals surface area (Å²) in [7, 11) is 0. The number of benzene rings is 2. The molecule has 0 radical (unpaired) electrons. The molecule has 0 aliphatic rings. The zero-order valence-electron chi connectivity index (χ0n) is 13.5. The second-order valence-corrected chi connectivity index (χ2v) is 6.52. The van der Waals surface area contributed by atoms with Gasteiger partial charge in [0.25, 0.3) is 5.91 Å². The van der Waals surface area contributed by atoms with Crippen LogP contribution in [0, 0.1) is 5.41 Å². The molecule has 3 aromatic rings. The molecule has 0 saturated heterocycles. The number of nitrogen functional groups attached to an aromatic ring is 1. The number of amides is 1. The molecule has 0 unspecified atom stereocenters. The number of ether oxygens (including phenoxy) is 1. The van der Waals surface area contributed by atoms with Crippen LogP contribution in [-0.2, 0) is 4.79 Å². The van der Waals surface area contributed by atoms with Gasteiger partial charge in [-0.25, -0.2) is 4.79 Å². The Morgan fingerprint density at radius 3 is 2.54 bits per heavy atom. The van der Waals surface area contributed by atoms with Crippen molar-refractivity contribution in [2.24, 2.45) is 5.73 Å². The number of carboxylic acids is 1. The van der Waals surface area contributed by atoms with Crippen LogP contribution in [0.15, 0.2) is 48.5 Å². The fraction of sp³-hybridized carbons (Fsp3) is 0.0556. The van der Waals surface area contributed by atoms with Crippen LogP contribution >= 0.6 is 11.3 Å². The zero-order chi connectivity index (χ0) is 18.7. The number of nitrogens with two attached hydrogens (primary N) is 1. The summed E-state index contributed by atoms with van der Waals surface area (Å²) >= 11 is 1.32. The van der Waals surface area contributed by atoms with Crippen molar-refractivity contribution in [3.05, 3.63) is 59.0 Å². The number of amidine groups is 1. The molecule has 1 heterocycles. The Morgan fingerprint density at radius 2 is 1.88 bits per heavy atom. The summed E-state index contributed by atoms with van der Waals surface area (Å²) in [5.74, 6) is -0.921. The lowest BCUT2D eigenvalue weighted by atomic mass is 10.1. The fourth-order valence-electron chi connectivity index (χ4n) is 2.28. The summed E-state index contributed by atoms with van der Waals surface area (Å²) in [6.45, 7) is -0.421. The van der Waals surface area contributed by atoms with E-state index in [1.165, 1.54) is 11.3 Å². The lowest BCUT2D eigenvalue weighted by molar-refractivity contribution is -0.139. The van der Waals surface area contributed by atoms with E-state index in [9.17, 15) is 9.59 Å². The van der Waals surface area contributed by atoms with Crippen LogP contribution in [0.4, 0.5) is 5.69 Å². The number of fused-ring (bicyclic) bond motifs is 1. The number of aliphatic carboxylic acids is 1. The average molecular weight is 369 g/mol. The van der Waals surface area contributed by atoms with Crippen LogP contribution < -0.4 is 15.8 Å². The number of carbonyl (C=O) groups is 2. The molecule has 0 spiro atoms. The van der Waals surface area contributed by atoms with Crippen LogP contribution in [0.25, 0.3) is 10.1 Å². The SMILES string of the molecule is N=C(N)c1ccc2cc(C(=O)Nc3ccc(OCC(=O)O)cc3)sc2c1. The Labute approximate surface area is 152 Å². The third-order valence-electron chi connectivity index (χ3n) is 3.53. The standard InChI is InChI=1S/C18H15N3O4S/c19-17(20)11-2-1-10-7-15(26-14(10)8-11)18(24)21-12-3-5-13(6-4-12)25-9-16(22)23/h1-8H,9H2,(H3,19,20)(H,21,24)(H,22,23). The highest BCUT2D eigenvalue weighted by Gasteiger charge is 2.12. The fourth-order valence-corrected chi connectivity index (χ4v) is 3.28. The largest absolute Gasteiger partial charge is 0.482 e. The highest BCUT2D eigenvalue weighted by Crippen LogP contribution is 2.27. The molecule has 0 atom stereocenters.